The van der Waals surface area contributed by atoms with Gasteiger partial charge in [0.2, 0.25) is 0 Å². The Kier molecular flexibility index (Phi) is 3.34. The molecule has 0 saturated carbocycles. The molecule has 0 aromatic heterocycles. The van der Waals surface area contributed by atoms with Gasteiger partial charge in [0.1, 0.15) is 5.75 Å². The van der Waals surface area contributed by atoms with E-state index in [9.17, 15) is 21.6 Å². The zero-order valence-corrected chi connectivity index (χ0v) is 10.8. The summed E-state index contributed by atoms with van der Waals surface area (Å²) in [7, 11) is -3.87. The molecule has 0 fully saturated rings. The quantitative estimate of drug-likeness (QED) is 0.841. The highest BCUT2D eigenvalue weighted by Crippen LogP contribution is 2.39. The van der Waals surface area contributed by atoms with E-state index in [0.29, 0.717) is 17.7 Å². The number of sulfone groups is 1. The highest BCUT2D eigenvalue weighted by Gasteiger charge is 2.49. The van der Waals surface area contributed by atoms with E-state index >= 15 is 0 Å². The number of allylic oxidation sites excluding steroid dienone is 1. The summed E-state index contributed by atoms with van der Waals surface area (Å²) in [6.07, 6.45) is 1.87. The third-order valence-electron chi connectivity index (χ3n) is 2.92. The molecule has 0 spiro atoms. The van der Waals surface area contributed by atoms with Crippen molar-refractivity contribution in [2.75, 3.05) is 7.11 Å². The summed E-state index contributed by atoms with van der Waals surface area (Å²) >= 11 is 0. The molecule has 1 aromatic carbocycles. The average Bonchev–Trinajstić information content (AvgIpc) is 2.35. The van der Waals surface area contributed by atoms with Gasteiger partial charge in [0.15, 0.2) is 0 Å². The van der Waals surface area contributed by atoms with Crippen LogP contribution in [0.25, 0.3) is 4.91 Å². The monoisotopic (exact) mass is 292 g/mol. The van der Waals surface area contributed by atoms with Crippen LogP contribution in [-0.4, -0.2) is 21.0 Å². The Bertz CT molecular complexity index is 630. The van der Waals surface area contributed by atoms with Gasteiger partial charge in [-0.05, 0) is 42.2 Å². The number of rotatable bonds is 2. The van der Waals surface area contributed by atoms with Gasteiger partial charge in [0.05, 0.1) is 12.0 Å². The maximum atomic E-state index is 12.6. The summed E-state index contributed by atoms with van der Waals surface area (Å²) in [6.45, 7) is 0. The zero-order valence-electron chi connectivity index (χ0n) is 9.99. The van der Waals surface area contributed by atoms with E-state index < -0.39 is 20.3 Å². The molecule has 0 amide bonds. The second kappa shape index (κ2) is 4.56. The number of benzene rings is 1. The third kappa shape index (κ3) is 2.34. The Morgan fingerprint density at radius 2 is 1.95 bits per heavy atom. The number of aryl methyl sites for hydroxylation is 1. The fraction of sp³-hybridized carbons (Fsp3) is 0.333. The molecule has 1 aromatic rings. The number of halogens is 3. The van der Waals surface area contributed by atoms with Crippen LogP contribution in [0.4, 0.5) is 13.2 Å². The molecule has 104 valence electrons. The van der Waals surface area contributed by atoms with Gasteiger partial charge in [-0.15, -0.1) is 0 Å². The highest BCUT2D eigenvalue weighted by molar-refractivity contribution is 8.01. The first kappa shape index (κ1) is 13.9. The van der Waals surface area contributed by atoms with Crippen molar-refractivity contribution in [3.8, 4) is 5.75 Å². The van der Waals surface area contributed by atoms with Crippen LogP contribution >= 0.6 is 0 Å². The Balaban J connectivity index is 2.56. The van der Waals surface area contributed by atoms with Crippen molar-refractivity contribution in [3.63, 3.8) is 0 Å². The summed E-state index contributed by atoms with van der Waals surface area (Å²) in [5, 5.41) is 0. The lowest BCUT2D eigenvalue weighted by Crippen LogP contribution is -2.25. The van der Waals surface area contributed by atoms with Crippen LogP contribution in [0.1, 0.15) is 17.5 Å². The third-order valence-corrected chi connectivity index (χ3v) is 4.49. The predicted molar refractivity (Wildman–Crippen MR) is 64.3 cm³/mol. The number of hydrogen-bond acceptors (Lipinski definition) is 3. The molecule has 0 unspecified atom stereocenters. The molecule has 7 heteroatoms. The van der Waals surface area contributed by atoms with Crippen LogP contribution in [0.3, 0.4) is 0 Å². The molecule has 0 bridgehead atoms. The first-order valence-corrected chi connectivity index (χ1v) is 6.94. The van der Waals surface area contributed by atoms with Gasteiger partial charge in [-0.1, -0.05) is 6.08 Å². The van der Waals surface area contributed by atoms with E-state index in [2.05, 4.69) is 0 Å². The number of alkyl halides is 3. The summed E-state index contributed by atoms with van der Waals surface area (Å²) < 4.78 is 65.8. The lowest BCUT2D eigenvalue weighted by molar-refractivity contribution is -0.0420. The number of fused-ring (bicyclic) bond motifs is 1. The van der Waals surface area contributed by atoms with Crippen LogP contribution in [0.15, 0.2) is 24.3 Å². The van der Waals surface area contributed by atoms with Gasteiger partial charge in [-0.25, -0.2) is 8.42 Å². The normalized spacial score (nSPS) is 15.7. The van der Waals surface area contributed by atoms with Crippen LogP contribution in [0, 0.1) is 0 Å². The Morgan fingerprint density at radius 3 is 2.53 bits per heavy atom. The van der Waals surface area contributed by atoms with Gasteiger partial charge in [0.25, 0.3) is 9.84 Å². The minimum atomic E-state index is -5.31. The molecule has 0 aliphatic heterocycles. The topological polar surface area (TPSA) is 43.4 Å². The molecule has 0 heterocycles. The van der Waals surface area contributed by atoms with Gasteiger partial charge >= 0.3 is 5.51 Å². The second-order valence-electron chi connectivity index (χ2n) is 4.08. The summed E-state index contributed by atoms with van der Waals surface area (Å²) in [5.41, 5.74) is -4.64. The van der Waals surface area contributed by atoms with E-state index in [-0.39, 0.29) is 12.0 Å². The zero-order chi connectivity index (χ0) is 14.3. The molecule has 0 saturated heterocycles. The standard InChI is InChI=1S/C12H11F3O3S/c1-18-9-5-6-10-8(7-9)3-2-4-11(10)19(16,17)12(13,14)15/h4-7H,2-3H2,1H3. The first-order chi connectivity index (χ1) is 8.77. The minimum Gasteiger partial charge on any atom is -0.497 e. The number of ether oxygens (including phenoxy) is 1. The fourth-order valence-corrected chi connectivity index (χ4v) is 3.07. The van der Waals surface area contributed by atoms with Crippen molar-refractivity contribution in [1.82, 2.24) is 0 Å². The van der Waals surface area contributed by atoms with Gasteiger partial charge < -0.3 is 4.74 Å². The van der Waals surface area contributed by atoms with Gasteiger partial charge in [-0.2, -0.15) is 13.2 Å². The molecule has 19 heavy (non-hydrogen) atoms. The smallest absolute Gasteiger partial charge is 0.497 e. The molecule has 2 rings (SSSR count). The van der Waals surface area contributed by atoms with Crippen molar-refractivity contribution in [2.45, 2.75) is 18.3 Å². The van der Waals surface area contributed by atoms with Crippen LogP contribution in [0.2, 0.25) is 0 Å². The SMILES string of the molecule is COc1ccc2c(c1)CCC=C2S(=O)(=O)C(F)(F)F. The van der Waals surface area contributed by atoms with Crippen LogP contribution in [0.5, 0.6) is 5.75 Å². The van der Waals surface area contributed by atoms with Crippen LogP contribution in [-0.2, 0) is 16.3 Å². The first-order valence-electron chi connectivity index (χ1n) is 5.46. The molecule has 1 aliphatic rings. The number of methoxy groups -OCH3 is 1. The van der Waals surface area contributed by atoms with Gasteiger partial charge in [-0.3, -0.25) is 0 Å². The maximum Gasteiger partial charge on any atom is 0.501 e. The lowest BCUT2D eigenvalue weighted by Gasteiger charge is -2.19. The van der Waals surface area contributed by atoms with Crippen molar-refractivity contribution in [1.29, 1.82) is 0 Å². The van der Waals surface area contributed by atoms with E-state index in [1.165, 1.54) is 19.2 Å². The molecule has 1 aliphatic carbocycles. The summed E-state index contributed by atoms with van der Waals surface area (Å²) in [6, 6.07) is 4.36. The molecular weight excluding hydrogens is 281 g/mol. The molecular formula is C12H11F3O3S. The van der Waals surface area contributed by atoms with Gasteiger partial charge in [0, 0.05) is 0 Å². The second-order valence-corrected chi connectivity index (χ2v) is 5.99. The molecule has 0 N–H and O–H groups in total. The number of hydrogen-bond donors (Lipinski definition) is 0. The highest BCUT2D eigenvalue weighted by atomic mass is 32.2. The Labute approximate surface area is 108 Å². The summed E-state index contributed by atoms with van der Waals surface area (Å²) in [5.74, 6) is 0.490. The maximum absolute atomic E-state index is 12.6. The van der Waals surface area contributed by atoms with Crippen molar-refractivity contribution < 1.29 is 26.3 Å². The molecule has 0 atom stereocenters. The summed E-state index contributed by atoms with van der Waals surface area (Å²) in [4.78, 5) is -0.663. The Morgan fingerprint density at radius 1 is 1.26 bits per heavy atom. The molecule has 3 nitrogen and oxygen atoms in total. The van der Waals surface area contributed by atoms with Crippen molar-refractivity contribution >= 4 is 14.7 Å². The largest absolute Gasteiger partial charge is 0.501 e. The Hall–Kier alpha value is -1.50. The van der Waals surface area contributed by atoms with E-state index in [4.69, 9.17) is 4.74 Å². The predicted octanol–water partition coefficient (Wildman–Crippen LogP) is 2.92. The fourth-order valence-electron chi connectivity index (χ4n) is 1.99. The lowest BCUT2D eigenvalue weighted by atomic mass is 9.97. The average molecular weight is 292 g/mol. The molecule has 0 radical (unpaired) electrons. The van der Waals surface area contributed by atoms with E-state index in [1.807, 2.05) is 0 Å². The van der Waals surface area contributed by atoms with Crippen molar-refractivity contribution in [2.24, 2.45) is 0 Å². The van der Waals surface area contributed by atoms with Crippen LogP contribution < -0.4 is 4.74 Å². The van der Waals surface area contributed by atoms with Crippen molar-refractivity contribution in [3.05, 3.63) is 35.4 Å². The van der Waals surface area contributed by atoms with E-state index in [0.717, 1.165) is 6.08 Å². The minimum absolute atomic E-state index is 0.101. The van der Waals surface area contributed by atoms with E-state index in [1.54, 1.807) is 6.07 Å².